The van der Waals surface area contributed by atoms with Gasteiger partial charge >= 0.3 is 5.97 Å². The Kier molecular flexibility index (Phi) is 3.33. The van der Waals surface area contributed by atoms with E-state index in [1.807, 2.05) is 0 Å². The van der Waals surface area contributed by atoms with Gasteiger partial charge in [0.2, 0.25) is 5.91 Å². The van der Waals surface area contributed by atoms with Crippen LogP contribution in [0.3, 0.4) is 0 Å². The van der Waals surface area contributed by atoms with Crippen molar-refractivity contribution in [2.24, 2.45) is 11.1 Å². The van der Waals surface area contributed by atoms with E-state index in [9.17, 15) is 9.59 Å². The van der Waals surface area contributed by atoms with E-state index in [0.29, 0.717) is 0 Å². The number of thiocarbonyl (C=S) groups is 1. The Morgan fingerprint density at radius 3 is 2.00 bits per heavy atom. The van der Waals surface area contributed by atoms with Gasteiger partial charge in [-0.15, -0.1) is 0 Å². The fourth-order valence-electron chi connectivity index (χ4n) is 1.00. The van der Waals surface area contributed by atoms with Crippen molar-refractivity contribution in [3.05, 3.63) is 0 Å². The van der Waals surface area contributed by atoms with E-state index in [1.54, 1.807) is 6.92 Å². The summed E-state index contributed by atoms with van der Waals surface area (Å²) in [5.74, 6) is -2.17. The third-order valence-corrected chi connectivity index (χ3v) is 2.27. The van der Waals surface area contributed by atoms with Crippen LogP contribution in [0, 0.1) is 5.41 Å². The van der Waals surface area contributed by atoms with E-state index in [2.05, 4.69) is 0 Å². The summed E-state index contributed by atoms with van der Waals surface area (Å²) in [6.07, 6.45) is 0.0903. The summed E-state index contributed by atoms with van der Waals surface area (Å²) < 4.78 is 0. The number of aliphatic carboxylic acids is 1. The van der Waals surface area contributed by atoms with Crippen LogP contribution in [0.5, 0.6) is 0 Å². The summed E-state index contributed by atoms with van der Waals surface area (Å²) in [7, 11) is 0. The van der Waals surface area contributed by atoms with Crippen molar-refractivity contribution in [2.45, 2.75) is 20.3 Å². The van der Waals surface area contributed by atoms with Crippen LogP contribution >= 0.6 is 12.2 Å². The maximum Gasteiger partial charge on any atom is 0.324 e. The lowest BCUT2D eigenvalue weighted by atomic mass is 9.81. The molecule has 0 aromatic heterocycles. The van der Waals surface area contributed by atoms with E-state index in [1.165, 1.54) is 6.92 Å². The second-order valence-corrected chi connectivity index (χ2v) is 3.10. The van der Waals surface area contributed by atoms with Crippen molar-refractivity contribution in [3.8, 4) is 0 Å². The average molecular weight is 189 g/mol. The Hall–Kier alpha value is -0.970. The lowest BCUT2D eigenvalue weighted by Gasteiger charge is -2.22. The Labute approximate surface area is 75.7 Å². The third kappa shape index (κ3) is 1.45. The average Bonchev–Trinajstić information content (AvgIpc) is 1.86. The van der Waals surface area contributed by atoms with E-state index in [-0.39, 0.29) is 11.3 Å². The molecule has 0 aromatic rings. The van der Waals surface area contributed by atoms with Crippen molar-refractivity contribution in [2.75, 3.05) is 0 Å². The van der Waals surface area contributed by atoms with Crippen LogP contribution in [0.15, 0.2) is 0 Å². The fourth-order valence-corrected chi connectivity index (χ4v) is 1.34. The number of hydrogen-bond acceptors (Lipinski definition) is 3. The van der Waals surface area contributed by atoms with Gasteiger partial charge in [-0.25, -0.2) is 0 Å². The molecule has 0 aliphatic carbocycles. The Morgan fingerprint density at radius 1 is 1.58 bits per heavy atom. The lowest BCUT2D eigenvalue weighted by molar-refractivity contribution is -0.149. The van der Waals surface area contributed by atoms with E-state index < -0.39 is 17.3 Å². The van der Waals surface area contributed by atoms with E-state index in [0.717, 1.165) is 0 Å². The largest absolute Gasteiger partial charge is 0.480 e. The zero-order valence-electron chi connectivity index (χ0n) is 6.96. The maximum atomic E-state index is 10.9. The molecular weight excluding hydrogens is 178 g/mol. The molecule has 5 heteroatoms. The first-order chi connectivity index (χ1) is 5.39. The van der Waals surface area contributed by atoms with Crippen LogP contribution in [0.1, 0.15) is 20.3 Å². The monoisotopic (exact) mass is 189 g/mol. The molecule has 1 amide bonds. The molecule has 4 nitrogen and oxygen atoms in total. The first kappa shape index (κ1) is 11.0. The minimum absolute atomic E-state index is 0.0903. The molecule has 0 spiro atoms. The second kappa shape index (κ2) is 3.62. The molecule has 12 heavy (non-hydrogen) atoms. The van der Waals surface area contributed by atoms with Crippen molar-refractivity contribution >= 4 is 29.0 Å². The van der Waals surface area contributed by atoms with Crippen LogP contribution in [-0.2, 0) is 9.59 Å². The number of rotatable bonds is 4. The van der Waals surface area contributed by atoms with Gasteiger partial charge in [-0.05, 0) is 13.3 Å². The van der Waals surface area contributed by atoms with Crippen LogP contribution in [0.2, 0.25) is 0 Å². The number of amides is 1. The predicted molar refractivity (Wildman–Crippen MR) is 47.8 cm³/mol. The minimum atomic E-state index is -1.67. The molecular formula is C7H11NO3S. The van der Waals surface area contributed by atoms with Crippen molar-refractivity contribution in [1.29, 1.82) is 0 Å². The number of carbonyl (C=O) groups excluding carboxylic acids is 1. The number of nitrogens with two attached hydrogens (primary N) is 1. The second-order valence-electron chi connectivity index (χ2n) is 2.48. The highest BCUT2D eigenvalue weighted by Gasteiger charge is 2.45. The molecule has 0 saturated carbocycles. The SMILES string of the molecule is CCC(C(N)=O)(C(=O)O)C(C)=S. The summed E-state index contributed by atoms with van der Waals surface area (Å²) in [6.45, 7) is 2.98. The molecule has 0 bridgehead atoms. The Bertz CT molecular complexity index is 201. The van der Waals surface area contributed by atoms with Gasteiger partial charge in [-0.2, -0.15) is 0 Å². The predicted octanol–water partition coefficient (Wildman–Crippen LogP) is 0.343. The number of carbonyl (C=O) groups is 2. The zero-order chi connectivity index (χ0) is 9.94. The molecule has 1 unspecified atom stereocenters. The van der Waals surface area contributed by atoms with Gasteiger partial charge in [0.1, 0.15) is 0 Å². The number of carboxylic acid groups (broad SMARTS) is 1. The normalized spacial score (nSPS) is 14.8. The number of carboxylic acids is 1. The van der Waals surface area contributed by atoms with Crippen molar-refractivity contribution in [3.63, 3.8) is 0 Å². The van der Waals surface area contributed by atoms with Crippen molar-refractivity contribution in [1.82, 2.24) is 0 Å². The fraction of sp³-hybridized carbons (Fsp3) is 0.571. The van der Waals surface area contributed by atoms with Gasteiger partial charge in [0.05, 0.1) is 0 Å². The summed E-state index contributed by atoms with van der Waals surface area (Å²) in [4.78, 5) is 21.7. The Balaban J connectivity index is 5.19. The highest BCUT2D eigenvalue weighted by Crippen LogP contribution is 2.24. The summed E-state index contributed by atoms with van der Waals surface area (Å²) in [6, 6.07) is 0. The number of hydrogen-bond donors (Lipinski definition) is 2. The smallest absolute Gasteiger partial charge is 0.324 e. The molecule has 1 atom stereocenters. The van der Waals surface area contributed by atoms with Gasteiger partial charge in [0.15, 0.2) is 5.41 Å². The quantitative estimate of drug-likeness (QED) is 0.493. The first-order valence-electron chi connectivity index (χ1n) is 3.44. The van der Waals surface area contributed by atoms with Crippen molar-refractivity contribution < 1.29 is 14.7 Å². The molecule has 0 saturated heterocycles. The van der Waals surface area contributed by atoms with Gasteiger partial charge in [-0.1, -0.05) is 19.1 Å². The highest BCUT2D eigenvalue weighted by atomic mass is 32.1. The molecule has 68 valence electrons. The molecule has 0 heterocycles. The summed E-state index contributed by atoms with van der Waals surface area (Å²) in [5.41, 5.74) is 3.31. The lowest BCUT2D eigenvalue weighted by Crippen LogP contribution is -2.48. The molecule has 0 aliphatic heterocycles. The minimum Gasteiger partial charge on any atom is -0.480 e. The molecule has 0 aromatic carbocycles. The van der Waals surface area contributed by atoms with E-state index in [4.69, 9.17) is 23.1 Å². The van der Waals surface area contributed by atoms with E-state index >= 15 is 0 Å². The number of primary amides is 1. The van der Waals surface area contributed by atoms with Crippen LogP contribution < -0.4 is 5.73 Å². The molecule has 0 radical (unpaired) electrons. The van der Waals surface area contributed by atoms with Gasteiger partial charge in [-0.3, -0.25) is 9.59 Å². The molecule has 0 aliphatic rings. The third-order valence-electron chi connectivity index (χ3n) is 1.92. The maximum absolute atomic E-state index is 10.9. The molecule has 0 rings (SSSR count). The first-order valence-corrected chi connectivity index (χ1v) is 3.84. The van der Waals surface area contributed by atoms with Crippen LogP contribution in [0.4, 0.5) is 0 Å². The van der Waals surface area contributed by atoms with Gasteiger partial charge in [0, 0.05) is 4.86 Å². The van der Waals surface area contributed by atoms with Crippen LogP contribution in [0.25, 0.3) is 0 Å². The highest BCUT2D eigenvalue weighted by molar-refractivity contribution is 7.80. The Morgan fingerprint density at radius 2 is 2.00 bits per heavy atom. The van der Waals surface area contributed by atoms with Crippen LogP contribution in [-0.4, -0.2) is 21.8 Å². The molecule has 3 N–H and O–H groups in total. The van der Waals surface area contributed by atoms with Gasteiger partial charge in [0.25, 0.3) is 0 Å². The van der Waals surface area contributed by atoms with Gasteiger partial charge < -0.3 is 10.8 Å². The standard InChI is InChI=1S/C7H11NO3S/c1-3-7(4(2)12,5(8)9)6(10)11/h3H2,1-2H3,(H2,8,9)(H,10,11). The molecule has 0 fully saturated rings. The summed E-state index contributed by atoms with van der Waals surface area (Å²) in [5, 5.41) is 8.78. The summed E-state index contributed by atoms with van der Waals surface area (Å²) >= 11 is 4.70. The zero-order valence-corrected chi connectivity index (χ0v) is 7.77. The topological polar surface area (TPSA) is 80.4 Å².